The van der Waals surface area contributed by atoms with E-state index in [-0.39, 0.29) is 11.6 Å². The number of carbonyl (C=O) groups is 1. The number of halogens is 3. The first-order valence-corrected chi connectivity index (χ1v) is 5.31. The van der Waals surface area contributed by atoms with Gasteiger partial charge < -0.3 is 4.74 Å². The first kappa shape index (κ1) is 13.4. The van der Waals surface area contributed by atoms with Crippen LogP contribution in [0, 0.1) is 0 Å². The molecule has 9 heteroatoms. The Balaban J connectivity index is 2.20. The lowest BCUT2D eigenvalue weighted by Crippen LogP contribution is -2.17. The highest BCUT2D eigenvalue weighted by Crippen LogP contribution is 2.23. The van der Waals surface area contributed by atoms with Crippen LogP contribution in [0.2, 0.25) is 0 Å². The summed E-state index contributed by atoms with van der Waals surface area (Å²) in [4.78, 5) is 14.6. The largest absolute Gasteiger partial charge is 0.573 e. The Morgan fingerprint density at radius 3 is 2.37 bits per heavy atom. The van der Waals surface area contributed by atoms with E-state index in [1.807, 2.05) is 0 Å². The maximum Gasteiger partial charge on any atom is 0.573 e. The topological polar surface area (TPSA) is 57.0 Å². The van der Waals surface area contributed by atoms with E-state index in [1.54, 1.807) is 0 Å². The summed E-state index contributed by atoms with van der Waals surface area (Å²) in [7, 11) is 0. The summed E-state index contributed by atoms with van der Waals surface area (Å²) >= 11 is 3.55. The zero-order valence-corrected chi connectivity index (χ0v) is 10.0. The van der Waals surface area contributed by atoms with Crippen LogP contribution >= 0.6 is 12.6 Å². The van der Waals surface area contributed by atoms with Crippen molar-refractivity contribution in [3.05, 3.63) is 36.4 Å². The van der Waals surface area contributed by atoms with Crippen molar-refractivity contribution in [2.24, 2.45) is 0 Å². The van der Waals surface area contributed by atoms with E-state index >= 15 is 0 Å². The SMILES string of the molecule is O=C(S)c1ncn(-c2ccc(OC(F)(F)F)cc2)n1. The van der Waals surface area contributed by atoms with E-state index in [0.717, 1.165) is 12.1 Å². The number of hydrogen-bond acceptors (Lipinski definition) is 4. The van der Waals surface area contributed by atoms with Gasteiger partial charge in [-0.1, -0.05) is 12.6 Å². The number of carbonyl (C=O) groups excluding carboxylic acids is 1. The van der Waals surface area contributed by atoms with Gasteiger partial charge in [-0.3, -0.25) is 4.79 Å². The molecule has 2 rings (SSSR count). The summed E-state index contributed by atoms with van der Waals surface area (Å²) in [6, 6.07) is 4.96. The first-order chi connectivity index (χ1) is 8.85. The van der Waals surface area contributed by atoms with Crippen LogP contribution in [0.25, 0.3) is 5.69 Å². The highest BCUT2D eigenvalue weighted by molar-refractivity contribution is 7.97. The summed E-state index contributed by atoms with van der Waals surface area (Å²) in [6.07, 6.45) is -3.48. The second kappa shape index (κ2) is 4.92. The normalized spacial score (nSPS) is 11.4. The van der Waals surface area contributed by atoms with Gasteiger partial charge in [-0.05, 0) is 24.3 Å². The maximum absolute atomic E-state index is 12.0. The Morgan fingerprint density at radius 1 is 1.26 bits per heavy atom. The lowest BCUT2D eigenvalue weighted by molar-refractivity contribution is -0.274. The lowest BCUT2D eigenvalue weighted by atomic mass is 10.3. The third-order valence-electron chi connectivity index (χ3n) is 2.02. The molecule has 2 aromatic rings. The van der Waals surface area contributed by atoms with Crippen LogP contribution in [0.15, 0.2) is 30.6 Å². The number of ether oxygens (including phenoxy) is 1. The minimum absolute atomic E-state index is 0.0982. The molecule has 0 atom stereocenters. The second-order valence-electron chi connectivity index (χ2n) is 3.36. The van der Waals surface area contributed by atoms with Gasteiger partial charge in [-0.15, -0.1) is 18.3 Å². The van der Waals surface area contributed by atoms with Crippen LogP contribution in [0.1, 0.15) is 10.6 Å². The molecule has 5 nitrogen and oxygen atoms in total. The molecule has 0 saturated heterocycles. The number of aromatic nitrogens is 3. The maximum atomic E-state index is 12.0. The second-order valence-corrected chi connectivity index (χ2v) is 3.77. The fourth-order valence-corrected chi connectivity index (χ4v) is 1.39. The number of thiol groups is 1. The molecule has 1 aromatic heterocycles. The monoisotopic (exact) mass is 289 g/mol. The molecule has 100 valence electrons. The molecule has 0 aliphatic heterocycles. The molecule has 0 N–H and O–H groups in total. The van der Waals surface area contributed by atoms with Crippen molar-refractivity contribution in [1.29, 1.82) is 0 Å². The van der Waals surface area contributed by atoms with Crippen LogP contribution in [-0.2, 0) is 0 Å². The quantitative estimate of drug-likeness (QED) is 0.880. The minimum Gasteiger partial charge on any atom is -0.406 e. The number of alkyl halides is 3. The molecule has 1 aromatic carbocycles. The minimum atomic E-state index is -4.74. The average molecular weight is 289 g/mol. The van der Waals surface area contributed by atoms with Crippen LogP contribution in [-0.4, -0.2) is 26.2 Å². The van der Waals surface area contributed by atoms with Gasteiger partial charge in [-0.25, -0.2) is 9.67 Å². The summed E-state index contributed by atoms with van der Waals surface area (Å²) in [6.45, 7) is 0. The summed E-state index contributed by atoms with van der Waals surface area (Å²) in [5.74, 6) is -0.444. The van der Waals surface area contributed by atoms with E-state index in [0.29, 0.717) is 5.69 Å². The van der Waals surface area contributed by atoms with Gasteiger partial charge in [0.15, 0.2) is 0 Å². The average Bonchev–Trinajstić information content (AvgIpc) is 2.77. The van der Waals surface area contributed by atoms with E-state index in [1.165, 1.54) is 23.1 Å². The molecule has 0 aliphatic carbocycles. The third-order valence-corrected chi connectivity index (χ3v) is 2.22. The van der Waals surface area contributed by atoms with Gasteiger partial charge in [0.05, 0.1) is 5.69 Å². The molecule has 19 heavy (non-hydrogen) atoms. The van der Waals surface area contributed by atoms with E-state index < -0.39 is 11.5 Å². The molecule has 0 aliphatic rings. The molecule has 0 saturated carbocycles. The van der Waals surface area contributed by atoms with Gasteiger partial charge >= 0.3 is 6.36 Å². The fraction of sp³-hybridized carbons (Fsp3) is 0.100. The zero-order valence-electron chi connectivity index (χ0n) is 9.13. The Hall–Kier alpha value is -2.03. The molecule has 1 heterocycles. The van der Waals surface area contributed by atoms with Crippen LogP contribution in [0.5, 0.6) is 5.75 Å². The van der Waals surface area contributed by atoms with Gasteiger partial charge in [-0.2, -0.15) is 0 Å². The van der Waals surface area contributed by atoms with Crippen molar-refractivity contribution in [3.63, 3.8) is 0 Å². The molecular weight excluding hydrogens is 283 g/mol. The van der Waals surface area contributed by atoms with Gasteiger partial charge in [0.2, 0.25) is 5.82 Å². The van der Waals surface area contributed by atoms with Crippen molar-refractivity contribution in [1.82, 2.24) is 14.8 Å². The number of nitrogens with zero attached hydrogens (tertiary/aromatic N) is 3. The molecule has 0 amide bonds. The van der Waals surface area contributed by atoms with E-state index in [4.69, 9.17) is 0 Å². The van der Waals surface area contributed by atoms with Gasteiger partial charge in [0.25, 0.3) is 5.12 Å². The molecule has 0 unspecified atom stereocenters. The highest BCUT2D eigenvalue weighted by Gasteiger charge is 2.30. The standard InChI is InChI=1S/C10H6F3N3O2S/c11-10(12,13)18-7-3-1-6(2-4-7)16-5-14-8(15-16)9(17)19/h1-5H,(H,17,19). The number of rotatable bonds is 3. The number of benzene rings is 1. The summed E-state index contributed by atoms with van der Waals surface area (Å²) in [5.41, 5.74) is 0.433. The zero-order chi connectivity index (χ0) is 14.0. The lowest BCUT2D eigenvalue weighted by Gasteiger charge is -2.08. The Morgan fingerprint density at radius 2 is 1.89 bits per heavy atom. The van der Waals surface area contributed by atoms with Crippen molar-refractivity contribution in [2.45, 2.75) is 6.36 Å². The molecule has 0 bridgehead atoms. The van der Waals surface area contributed by atoms with Crippen LogP contribution < -0.4 is 4.74 Å². The third kappa shape index (κ3) is 3.47. The number of hydrogen-bond donors (Lipinski definition) is 1. The fourth-order valence-electron chi connectivity index (χ4n) is 1.29. The summed E-state index contributed by atoms with van der Waals surface area (Å²) in [5, 5.41) is 3.20. The smallest absolute Gasteiger partial charge is 0.406 e. The molecule has 0 radical (unpaired) electrons. The van der Waals surface area contributed by atoms with Crippen LogP contribution in [0.3, 0.4) is 0 Å². The Kier molecular flexibility index (Phi) is 3.47. The van der Waals surface area contributed by atoms with Crippen molar-refractivity contribution in [3.8, 4) is 11.4 Å². The predicted molar refractivity (Wildman–Crippen MR) is 61.4 cm³/mol. The Bertz CT molecular complexity index is 595. The van der Waals surface area contributed by atoms with Crippen LogP contribution in [0.4, 0.5) is 13.2 Å². The van der Waals surface area contributed by atoms with Crippen molar-refractivity contribution in [2.75, 3.05) is 0 Å². The van der Waals surface area contributed by atoms with E-state index in [2.05, 4.69) is 27.4 Å². The Labute approximate surface area is 110 Å². The molecule has 0 spiro atoms. The van der Waals surface area contributed by atoms with Gasteiger partial charge in [0.1, 0.15) is 12.1 Å². The van der Waals surface area contributed by atoms with Crippen molar-refractivity contribution >= 4 is 17.7 Å². The molecule has 0 fully saturated rings. The van der Waals surface area contributed by atoms with Gasteiger partial charge in [0, 0.05) is 0 Å². The van der Waals surface area contributed by atoms with E-state index in [9.17, 15) is 18.0 Å². The predicted octanol–water partition coefficient (Wildman–Crippen LogP) is 2.24. The first-order valence-electron chi connectivity index (χ1n) is 4.86. The highest BCUT2D eigenvalue weighted by atomic mass is 32.1. The van der Waals surface area contributed by atoms with Crippen molar-refractivity contribution < 1.29 is 22.7 Å². The molecular formula is C10H6F3N3O2S. The summed E-state index contributed by atoms with van der Waals surface area (Å²) < 4.78 is 40.8.